The number of benzene rings is 1. The maximum Gasteiger partial charge on any atom is 0.327 e. The highest BCUT2D eigenvalue weighted by molar-refractivity contribution is 5.85. The van der Waals surface area contributed by atoms with Gasteiger partial charge in [-0.3, -0.25) is 4.79 Å². The lowest BCUT2D eigenvalue weighted by atomic mass is 10.00. The number of anilines is 1. The molecule has 0 bridgehead atoms. The molecule has 0 aliphatic rings. The molecule has 5 nitrogen and oxygen atoms in total. The molecule has 0 saturated carbocycles. The van der Waals surface area contributed by atoms with Gasteiger partial charge in [-0.2, -0.15) is 0 Å². The van der Waals surface area contributed by atoms with Gasteiger partial charge in [0.1, 0.15) is 11.8 Å². The Morgan fingerprint density at radius 2 is 2.06 bits per heavy atom. The first-order chi connectivity index (χ1) is 6.99. The number of nitrogens with two attached hydrogens (primary N) is 2. The topological polar surface area (TPSA) is 98.6 Å². The fourth-order valence-electron chi connectivity index (χ4n) is 1.36. The number of aromatic hydroxyl groups is 1. The summed E-state index contributed by atoms with van der Waals surface area (Å²) >= 11 is 0. The molecule has 5 N–H and O–H groups in total. The Kier molecular flexibility index (Phi) is 5.07. The molecule has 1 aromatic carbocycles. The largest absolute Gasteiger partial charge is 0.505 e. The number of aryl methyl sites for hydroxylation is 1. The summed E-state index contributed by atoms with van der Waals surface area (Å²) < 4.78 is 4.50. The van der Waals surface area contributed by atoms with E-state index in [4.69, 9.17) is 11.5 Å². The molecule has 0 saturated heterocycles. The molecule has 0 amide bonds. The number of hydrogen-bond donors (Lipinski definition) is 3. The molecule has 6 heteroatoms. The summed E-state index contributed by atoms with van der Waals surface area (Å²) in [5, 5.41) is 9.68. The number of hydrogen-bond acceptors (Lipinski definition) is 5. The lowest BCUT2D eigenvalue weighted by Gasteiger charge is -2.15. The first-order valence-corrected chi connectivity index (χ1v) is 4.40. The molecular weight excluding hydrogens is 232 g/mol. The fraction of sp³-hybridized carbons (Fsp3) is 0.300. The minimum Gasteiger partial charge on any atom is -0.505 e. The van der Waals surface area contributed by atoms with Gasteiger partial charge in [0.15, 0.2) is 0 Å². The van der Waals surface area contributed by atoms with Gasteiger partial charge in [-0.05, 0) is 18.6 Å². The van der Waals surface area contributed by atoms with Gasteiger partial charge in [-0.1, -0.05) is 6.07 Å². The summed E-state index contributed by atoms with van der Waals surface area (Å²) in [5.74, 6) is -0.771. The molecule has 1 aromatic rings. The molecule has 0 aliphatic heterocycles. The maximum atomic E-state index is 11.2. The monoisotopic (exact) mass is 246 g/mol. The summed E-state index contributed by atoms with van der Waals surface area (Å²) in [6.07, 6.45) is 0. The summed E-state index contributed by atoms with van der Waals surface area (Å²) in [6, 6.07) is 2.23. The van der Waals surface area contributed by atoms with E-state index in [0.717, 1.165) is 0 Å². The van der Waals surface area contributed by atoms with E-state index in [1.165, 1.54) is 7.11 Å². The Hall–Kier alpha value is -1.46. The molecule has 0 unspecified atom stereocenters. The molecule has 1 rings (SSSR count). The molecule has 0 aliphatic carbocycles. The predicted molar refractivity (Wildman–Crippen MR) is 63.4 cm³/mol. The van der Waals surface area contributed by atoms with Gasteiger partial charge in [-0.25, -0.2) is 0 Å². The van der Waals surface area contributed by atoms with Crippen LogP contribution in [0.4, 0.5) is 5.69 Å². The van der Waals surface area contributed by atoms with Crippen LogP contribution in [-0.2, 0) is 9.53 Å². The zero-order valence-electron chi connectivity index (χ0n) is 9.06. The maximum absolute atomic E-state index is 11.2. The van der Waals surface area contributed by atoms with E-state index in [-0.39, 0.29) is 23.8 Å². The van der Waals surface area contributed by atoms with E-state index in [9.17, 15) is 9.90 Å². The van der Waals surface area contributed by atoms with E-state index < -0.39 is 12.0 Å². The summed E-state index contributed by atoms with van der Waals surface area (Å²) in [7, 11) is 1.24. The average molecular weight is 247 g/mol. The minimum atomic E-state index is -1.02. The van der Waals surface area contributed by atoms with Crippen molar-refractivity contribution in [3.05, 3.63) is 23.3 Å². The molecule has 90 valence electrons. The van der Waals surface area contributed by atoms with Crippen molar-refractivity contribution in [1.29, 1.82) is 0 Å². The second-order valence-electron chi connectivity index (χ2n) is 3.23. The van der Waals surface area contributed by atoms with Crippen LogP contribution in [0.3, 0.4) is 0 Å². The molecule has 16 heavy (non-hydrogen) atoms. The molecular formula is C10H15ClN2O3. The normalized spacial score (nSPS) is 11.4. The van der Waals surface area contributed by atoms with Gasteiger partial charge < -0.3 is 21.3 Å². The number of phenols is 1. The number of halogens is 1. The zero-order valence-corrected chi connectivity index (χ0v) is 9.88. The number of nitrogen functional groups attached to an aromatic ring is 1. The van der Waals surface area contributed by atoms with Gasteiger partial charge in [0.2, 0.25) is 0 Å². The third-order valence-corrected chi connectivity index (χ3v) is 2.23. The average Bonchev–Trinajstić information content (AvgIpc) is 2.22. The van der Waals surface area contributed by atoms with Crippen molar-refractivity contribution in [2.75, 3.05) is 12.8 Å². The van der Waals surface area contributed by atoms with Gasteiger partial charge in [0.05, 0.1) is 12.8 Å². The van der Waals surface area contributed by atoms with Crippen molar-refractivity contribution >= 4 is 24.1 Å². The number of phenolic OH excluding ortho intramolecular Hbond substituents is 1. The van der Waals surface area contributed by atoms with Crippen LogP contribution in [0.15, 0.2) is 12.1 Å². The van der Waals surface area contributed by atoms with Crippen LogP contribution in [0.25, 0.3) is 0 Å². The smallest absolute Gasteiger partial charge is 0.327 e. The van der Waals surface area contributed by atoms with Gasteiger partial charge in [-0.15, -0.1) is 12.4 Å². The molecule has 0 aromatic heterocycles. The first-order valence-electron chi connectivity index (χ1n) is 4.40. The SMILES string of the molecule is COC(=O)[C@H](N)c1c(C)ccc(N)c1O.Cl. The Balaban J connectivity index is 0.00000225. The standard InChI is InChI=1S/C10H14N2O3.ClH/c1-5-3-4-6(11)9(13)7(5)8(12)10(14)15-2;/h3-4,8,13H,11-12H2,1-2H3;1H/t8-;/m1./s1. The number of carbonyl (C=O) groups is 1. The molecule has 0 spiro atoms. The van der Waals surface area contributed by atoms with Crippen molar-refractivity contribution in [2.45, 2.75) is 13.0 Å². The second kappa shape index (κ2) is 5.58. The molecule has 1 atom stereocenters. The number of esters is 1. The lowest BCUT2D eigenvalue weighted by Crippen LogP contribution is -2.23. The van der Waals surface area contributed by atoms with Crippen LogP contribution >= 0.6 is 12.4 Å². The van der Waals surface area contributed by atoms with Gasteiger partial charge in [0, 0.05) is 5.56 Å². The minimum absolute atomic E-state index is 0. The summed E-state index contributed by atoms with van der Waals surface area (Å²) in [6.45, 7) is 1.73. The van der Waals surface area contributed by atoms with Crippen molar-refractivity contribution < 1.29 is 14.6 Å². The van der Waals surface area contributed by atoms with E-state index >= 15 is 0 Å². The Morgan fingerprint density at radius 1 is 1.50 bits per heavy atom. The third-order valence-electron chi connectivity index (χ3n) is 2.23. The summed E-state index contributed by atoms with van der Waals surface area (Å²) in [4.78, 5) is 11.2. The molecule has 0 fully saturated rings. The van der Waals surface area contributed by atoms with Crippen LogP contribution in [-0.4, -0.2) is 18.2 Å². The van der Waals surface area contributed by atoms with E-state index in [2.05, 4.69) is 4.74 Å². The first kappa shape index (κ1) is 14.5. The van der Waals surface area contributed by atoms with Crippen LogP contribution in [0, 0.1) is 6.92 Å². The Labute approximate surface area is 99.8 Å². The van der Waals surface area contributed by atoms with Crippen molar-refractivity contribution in [3.8, 4) is 5.75 Å². The second-order valence-corrected chi connectivity index (χ2v) is 3.23. The highest BCUT2D eigenvalue weighted by Crippen LogP contribution is 2.32. The summed E-state index contributed by atoms with van der Waals surface area (Å²) in [5.41, 5.74) is 12.3. The van der Waals surface area contributed by atoms with Gasteiger partial charge >= 0.3 is 5.97 Å². The van der Waals surface area contributed by atoms with Crippen LogP contribution in [0.1, 0.15) is 17.2 Å². The Bertz CT molecular complexity index is 396. The third kappa shape index (κ3) is 2.56. The zero-order chi connectivity index (χ0) is 11.6. The van der Waals surface area contributed by atoms with Gasteiger partial charge in [0.25, 0.3) is 0 Å². The molecule has 0 radical (unpaired) electrons. The fourth-order valence-corrected chi connectivity index (χ4v) is 1.36. The van der Waals surface area contributed by atoms with Crippen LogP contribution in [0.2, 0.25) is 0 Å². The van der Waals surface area contributed by atoms with Crippen molar-refractivity contribution in [2.24, 2.45) is 5.73 Å². The number of methoxy groups -OCH3 is 1. The number of carbonyl (C=O) groups excluding carboxylic acids is 1. The highest BCUT2D eigenvalue weighted by atomic mass is 35.5. The van der Waals surface area contributed by atoms with Crippen molar-refractivity contribution in [1.82, 2.24) is 0 Å². The van der Waals surface area contributed by atoms with Crippen molar-refractivity contribution in [3.63, 3.8) is 0 Å². The van der Waals surface area contributed by atoms with Crippen LogP contribution < -0.4 is 11.5 Å². The number of rotatable bonds is 2. The van der Waals surface area contributed by atoms with Crippen LogP contribution in [0.5, 0.6) is 5.75 Å². The van der Waals surface area contributed by atoms with E-state index in [0.29, 0.717) is 11.1 Å². The highest BCUT2D eigenvalue weighted by Gasteiger charge is 2.22. The number of ether oxygens (including phenoxy) is 1. The molecule has 0 heterocycles. The quantitative estimate of drug-likeness (QED) is 0.409. The van der Waals surface area contributed by atoms with E-state index in [1.54, 1.807) is 19.1 Å². The lowest BCUT2D eigenvalue weighted by molar-refractivity contribution is -0.142. The predicted octanol–water partition coefficient (Wildman–Crippen LogP) is 0.877. The van der Waals surface area contributed by atoms with E-state index in [1.807, 2.05) is 0 Å². The Morgan fingerprint density at radius 3 is 2.56 bits per heavy atom.